The molecule has 1 aliphatic rings. The maximum atomic E-state index is 2.51. The first-order valence-electron chi connectivity index (χ1n) is 7.15. The van der Waals surface area contributed by atoms with Crippen molar-refractivity contribution in [1.82, 2.24) is 4.90 Å². The average Bonchev–Trinajstić information content (AvgIpc) is 2.63. The highest BCUT2D eigenvalue weighted by atomic mass is 15.2. The molecule has 1 aromatic carbocycles. The lowest BCUT2D eigenvalue weighted by molar-refractivity contribution is 0.400. The van der Waals surface area contributed by atoms with E-state index in [-0.39, 0.29) is 0 Å². The Balaban J connectivity index is 2.03. The zero-order valence-electron chi connectivity index (χ0n) is 12.2. The number of fused-ring (bicyclic) bond motifs is 1. The van der Waals surface area contributed by atoms with Crippen LogP contribution in [-0.2, 0) is 12.8 Å². The van der Waals surface area contributed by atoms with Crippen LogP contribution >= 0.6 is 0 Å². The lowest BCUT2D eigenvalue weighted by Crippen LogP contribution is -2.28. The van der Waals surface area contributed by atoms with Gasteiger partial charge in [0, 0.05) is 18.3 Å². The molecule has 1 aliphatic heterocycles. The van der Waals surface area contributed by atoms with Gasteiger partial charge < -0.3 is 9.80 Å². The van der Waals surface area contributed by atoms with Gasteiger partial charge in [-0.3, -0.25) is 0 Å². The molecule has 1 atom stereocenters. The Labute approximate surface area is 112 Å². The zero-order valence-corrected chi connectivity index (χ0v) is 12.2. The van der Waals surface area contributed by atoms with Gasteiger partial charge in [0.2, 0.25) is 0 Å². The number of aryl methyl sites for hydroxylation is 1. The Morgan fingerprint density at radius 3 is 2.78 bits per heavy atom. The fraction of sp³-hybridized carbons (Fsp3) is 0.625. The number of hydrogen-bond donors (Lipinski definition) is 0. The number of benzene rings is 1. The van der Waals surface area contributed by atoms with Crippen LogP contribution in [0, 0.1) is 0 Å². The SMILES string of the molecule is CCN1c2ccc(CCCN(C)C)cc2CC1C. The molecule has 1 heterocycles. The number of nitrogens with zero attached hydrogens (tertiary/aromatic N) is 2. The quantitative estimate of drug-likeness (QED) is 0.788. The molecule has 0 saturated heterocycles. The minimum absolute atomic E-state index is 0.669. The molecule has 0 saturated carbocycles. The van der Waals surface area contributed by atoms with Crippen LogP contribution in [0.15, 0.2) is 18.2 Å². The first kappa shape index (κ1) is 13.4. The molecule has 0 radical (unpaired) electrons. The Kier molecular flexibility index (Phi) is 4.28. The summed E-state index contributed by atoms with van der Waals surface area (Å²) < 4.78 is 0. The van der Waals surface area contributed by atoms with Crippen molar-refractivity contribution in [3.8, 4) is 0 Å². The molecule has 2 heteroatoms. The summed E-state index contributed by atoms with van der Waals surface area (Å²) in [5.74, 6) is 0. The van der Waals surface area contributed by atoms with Gasteiger partial charge in [-0.1, -0.05) is 12.1 Å². The number of hydrogen-bond acceptors (Lipinski definition) is 2. The summed E-state index contributed by atoms with van der Waals surface area (Å²) in [4.78, 5) is 4.77. The fourth-order valence-corrected chi connectivity index (χ4v) is 2.99. The third-order valence-corrected chi connectivity index (χ3v) is 3.91. The van der Waals surface area contributed by atoms with Crippen molar-refractivity contribution in [2.24, 2.45) is 0 Å². The van der Waals surface area contributed by atoms with Crippen molar-refractivity contribution in [1.29, 1.82) is 0 Å². The first-order chi connectivity index (χ1) is 8.61. The molecule has 100 valence electrons. The Hall–Kier alpha value is -1.02. The number of anilines is 1. The molecule has 0 N–H and O–H groups in total. The Morgan fingerprint density at radius 2 is 2.11 bits per heavy atom. The third-order valence-electron chi connectivity index (χ3n) is 3.91. The van der Waals surface area contributed by atoms with Crippen molar-refractivity contribution < 1.29 is 0 Å². The summed E-state index contributed by atoms with van der Waals surface area (Å²) in [6, 6.07) is 7.74. The van der Waals surface area contributed by atoms with E-state index in [1.165, 1.54) is 37.1 Å². The van der Waals surface area contributed by atoms with Gasteiger partial charge in [-0.2, -0.15) is 0 Å². The summed E-state index contributed by atoms with van der Waals surface area (Å²) in [6.45, 7) is 6.87. The second-order valence-corrected chi connectivity index (χ2v) is 5.71. The molecule has 2 rings (SSSR count). The minimum atomic E-state index is 0.669. The van der Waals surface area contributed by atoms with Crippen LogP contribution in [-0.4, -0.2) is 38.1 Å². The average molecular weight is 246 g/mol. The highest BCUT2D eigenvalue weighted by Gasteiger charge is 2.24. The van der Waals surface area contributed by atoms with E-state index in [2.05, 4.69) is 55.9 Å². The zero-order chi connectivity index (χ0) is 13.1. The van der Waals surface area contributed by atoms with E-state index in [1.54, 1.807) is 5.56 Å². The molecule has 18 heavy (non-hydrogen) atoms. The summed E-state index contributed by atoms with van der Waals surface area (Å²) in [6.07, 6.45) is 3.66. The monoisotopic (exact) mass is 246 g/mol. The van der Waals surface area contributed by atoms with Crippen molar-refractivity contribution in [2.75, 3.05) is 32.1 Å². The second-order valence-electron chi connectivity index (χ2n) is 5.71. The second kappa shape index (κ2) is 5.75. The molecular weight excluding hydrogens is 220 g/mol. The van der Waals surface area contributed by atoms with Crippen molar-refractivity contribution in [3.63, 3.8) is 0 Å². The highest BCUT2D eigenvalue weighted by molar-refractivity contribution is 5.60. The van der Waals surface area contributed by atoms with E-state index in [9.17, 15) is 0 Å². The van der Waals surface area contributed by atoms with Crippen molar-refractivity contribution in [2.45, 2.75) is 39.2 Å². The molecule has 0 spiro atoms. The Bertz CT molecular complexity index is 398. The van der Waals surface area contributed by atoms with Crippen LogP contribution in [0.5, 0.6) is 0 Å². The lowest BCUT2D eigenvalue weighted by Gasteiger charge is -2.22. The van der Waals surface area contributed by atoms with Crippen molar-refractivity contribution in [3.05, 3.63) is 29.3 Å². The van der Waals surface area contributed by atoms with E-state index < -0.39 is 0 Å². The predicted octanol–water partition coefficient (Wildman–Crippen LogP) is 2.95. The van der Waals surface area contributed by atoms with Gasteiger partial charge in [0.15, 0.2) is 0 Å². The maximum absolute atomic E-state index is 2.51. The van der Waals surface area contributed by atoms with Crippen LogP contribution in [0.4, 0.5) is 5.69 Å². The van der Waals surface area contributed by atoms with Crippen LogP contribution in [0.1, 0.15) is 31.4 Å². The molecule has 0 fully saturated rings. The van der Waals surface area contributed by atoms with E-state index in [0.29, 0.717) is 6.04 Å². The normalized spacial score (nSPS) is 18.5. The highest BCUT2D eigenvalue weighted by Crippen LogP contribution is 2.32. The summed E-state index contributed by atoms with van der Waals surface area (Å²) in [5, 5.41) is 0. The lowest BCUT2D eigenvalue weighted by atomic mass is 10.0. The largest absolute Gasteiger partial charge is 0.369 e. The van der Waals surface area contributed by atoms with Gasteiger partial charge in [-0.25, -0.2) is 0 Å². The predicted molar refractivity (Wildman–Crippen MR) is 79.5 cm³/mol. The molecule has 1 unspecified atom stereocenters. The summed E-state index contributed by atoms with van der Waals surface area (Å²) in [5.41, 5.74) is 4.51. The first-order valence-corrected chi connectivity index (χ1v) is 7.15. The van der Waals surface area contributed by atoms with Crippen LogP contribution in [0.2, 0.25) is 0 Å². The van der Waals surface area contributed by atoms with E-state index in [1.807, 2.05) is 0 Å². The topological polar surface area (TPSA) is 6.48 Å². The molecule has 0 aliphatic carbocycles. The van der Waals surface area contributed by atoms with Crippen LogP contribution < -0.4 is 4.90 Å². The summed E-state index contributed by atoms with van der Waals surface area (Å²) >= 11 is 0. The fourth-order valence-electron chi connectivity index (χ4n) is 2.99. The number of likely N-dealkylation sites (N-methyl/N-ethyl adjacent to an activating group) is 1. The van der Waals surface area contributed by atoms with Gasteiger partial charge in [-0.15, -0.1) is 0 Å². The molecule has 2 nitrogen and oxygen atoms in total. The minimum Gasteiger partial charge on any atom is -0.369 e. The molecule has 0 aromatic heterocycles. The summed E-state index contributed by atoms with van der Waals surface area (Å²) in [7, 11) is 4.28. The smallest absolute Gasteiger partial charge is 0.0402 e. The van der Waals surface area contributed by atoms with E-state index >= 15 is 0 Å². The molecular formula is C16H26N2. The van der Waals surface area contributed by atoms with E-state index in [0.717, 1.165) is 6.54 Å². The van der Waals surface area contributed by atoms with Gasteiger partial charge in [0.25, 0.3) is 0 Å². The number of rotatable bonds is 5. The van der Waals surface area contributed by atoms with Gasteiger partial charge in [0.1, 0.15) is 0 Å². The molecule has 1 aromatic rings. The standard InChI is InChI=1S/C16H26N2/c1-5-18-13(2)11-15-12-14(8-9-16(15)18)7-6-10-17(3)4/h8-9,12-13H,5-7,10-11H2,1-4H3. The maximum Gasteiger partial charge on any atom is 0.0402 e. The van der Waals surface area contributed by atoms with E-state index in [4.69, 9.17) is 0 Å². The van der Waals surface area contributed by atoms with Crippen molar-refractivity contribution >= 4 is 5.69 Å². The van der Waals surface area contributed by atoms with Gasteiger partial charge in [-0.05, 0) is 70.9 Å². The van der Waals surface area contributed by atoms with Crippen LogP contribution in [0.3, 0.4) is 0 Å². The molecule has 0 bridgehead atoms. The third kappa shape index (κ3) is 2.86. The molecule has 0 amide bonds. The Morgan fingerprint density at radius 1 is 1.33 bits per heavy atom. The van der Waals surface area contributed by atoms with Crippen LogP contribution in [0.25, 0.3) is 0 Å². The van der Waals surface area contributed by atoms with Gasteiger partial charge in [0.05, 0.1) is 0 Å². The van der Waals surface area contributed by atoms with Gasteiger partial charge >= 0.3 is 0 Å².